The van der Waals surface area contributed by atoms with E-state index in [-0.39, 0.29) is 6.03 Å². The number of halogens is 1. The second-order valence-electron chi connectivity index (χ2n) is 5.37. The molecule has 0 saturated carbocycles. The molecule has 24 heavy (non-hydrogen) atoms. The molecule has 8 heteroatoms. The first-order valence-corrected chi connectivity index (χ1v) is 7.89. The van der Waals surface area contributed by atoms with Gasteiger partial charge in [-0.15, -0.1) is 0 Å². The predicted molar refractivity (Wildman–Crippen MR) is 98.1 cm³/mol. The molecule has 128 valence electrons. The van der Waals surface area contributed by atoms with E-state index in [2.05, 4.69) is 25.9 Å². The van der Waals surface area contributed by atoms with Gasteiger partial charge in [0.05, 0.1) is 0 Å². The molecule has 0 fully saturated rings. The van der Waals surface area contributed by atoms with E-state index in [4.69, 9.17) is 11.6 Å². The van der Waals surface area contributed by atoms with Gasteiger partial charge in [0, 0.05) is 44.0 Å². The molecule has 0 unspecified atom stereocenters. The molecule has 2 amide bonds. The number of nitrogens with one attached hydrogen (secondary N) is 3. The van der Waals surface area contributed by atoms with Gasteiger partial charge in [-0.3, -0.25) is 0 Å². The van der Waals surface area contributed by atoms with E-state index in [1.165, 1.54) is 0 Å². The van der Waals surface area contributed by atoms with E-state index in [1.54, 1.807) is 24.3 Å². The highest BCUT2D eigenvalue weighted by molar-refractivity contribution is 6.30. The lowest BCUT2D eigenvalue weighted by Crippen LogP contribution is -2.32. The highest BCUT2D eigenvalue weighted by Gasteiger charge is 2.04. The van der Waals surface area contributed by atoms with Gasteiger partial charge >= 0.3 is 6.03 Å². The maximum absolute atomic E-state index is 11.8. The van der Waals surface area contributed by atoms with Gasteiger partial charge in [-0.1, -0.05) is 11.6 Å². The lowest BCUT2D eigenvalue weighted by molar-refractivity contribution is 0.252. The first kappa shape index (κ1) is 17.8. The van der Waals surface area contributed by atoms with E-state index >= 15 is 0 Å². The van der Waals surface area contributed by atoms with Crippen molar-refractivity contribution in [3.05, 3.63) is 41.2 Å². The van der Waals surface area contributed by atoms with Crippen LogP contribution in [0.4, 0.5) is 22.1 Å². The quantitative estimate of drug-likeness (QED) is 0.699. The Morgan fingerprint density at radius 2 is 1.88 bits per heavy atom. The molecular weight excluding hydrogens is 328 g/mol. The Morgan fingerprint density at radius 3 is 2.54 bits per heavy atom. The van der Waals surface area contributed by atoms with Crippen LogP contribution in [0, 0.1) is 6.92 Å². The smallest absolute Gasteiger partial charge is 0.319 e. The number of benzene rings is 1. The van der Waals surface area contributed by atoms with Crippen molar-refractivity contribution in [2.24, 2.45) is 0 Å². The molecule has 1 heterocycles. The average molecular weight is 349 g/mol. The minimum absolute atomic E-state index is 0.271. The number of amides is 2. The van der Waals surface area contributed by atoms with E-state index in [0.717, 1.165) is 11.6 Å². The monoisotopic (exact) mass is 348 g/mol. The molecule has 0 atom stereocenters. The van der Waals surface area contributed by atoms with Crippen LogP contribution in [0.25, 0.3) is 0 Å². The van der Waals surface area contributed by atoms with Gasteiger partial charge in [0.15, 0.2) is 0 Å². The van der Waals surface area contributed by atoms with Crippen LogP contribution < -0.4 is 20.9 Å². The summed E-state index contributed by atoms with van der Waals surface area (Å²) >= 11 is 5.80. The van der Waals surface area contributed by atoms with E-state index in [9.17, 15) is 4.79 Å². The minimum atomic E-state index is -0.271. The van der Waals surface area contributed by atoms with Crippen LogP contribution in [0.1, 0.15) is 5.82 Å². The fourth-order valence-corrected chi connectivity index (χ4v) is 2.07. The Bertz CT molecular complexity index is 689. The Morgan fingerprint density at radius 1 is 1.17 bits per heavy atom. The lowest BCUT2D eigenvalue weighted by atomic mass is 10.3. The molecule has 2 aromatic rings. The number of aromatic nitrogens is 2. The number of hydrogen-bond acceptors (Lipinski definition) is 5. The van der Waals surface area contributed by atoms with E-state index in [1.807, 2.05) is 32.0 Å². The maximum Gasteiger partial charge on any atom is 0.319 e. The largest absolute Gasteiger partial charge is 0.368 e. The number of carbonyl (C=O) groups excluding carboxylic acids is 1. The van der Waals surface area contributed by atoms with Crippen molar-refractivity contribution in [1.29, 1.82) is 0 Å². The summed E-state index contributed by atoms with van der Waals surface area (Å²) in [6.07, 6.45) is 0. The Kier molecular flexibility index (Phi) is 6.20. The standard InChI is InChI=1S/C16H21ClN6O/c1-11-20-14(10-15(21-11)23(2)3)18-8-9-19-16(24)22-13-6-4-12(17)5-7-13/h4-7,10H,8-9H2,1-3H3,(H,18,20,21)(H2,19,22,24). The van der Waals surface area contributed by atoms with Crippen LogP contribution >= 0.6 is 11.6 Å². The molecule has 0 saturated heterocycles. The number of nitrogens with zero attached hydrogens (tertiary/aromatic N) is 3. The summed E-state index contributed by atoms with van der Waals surface area (Å²) in [6, 6.07) is 8.52. The summed E-state index contributed by atoms with van der Waals surface area (Å²) in [7, 11) is 3.85. The topological polar surface area (TPSA) is 82.2 Å². The molecule has 0 bridgehead atoms. The third-order valence-corrected chi connectivity index (χ3v) is 3.35. The van der Waals surface area contributed by atoms with Gasteiger partial charge in [0.25, 0.3) is 0 Å². The van der Waals surface area contributed by atoms with E-state index in [0.29, 0.717) is 29.6 Å². The third-order valence-electron chi connectivity index (χ3n) is 3.10. The number of aryl methyl sites for hydroxylation is 1. The van der Waals surface area contributed by atoms with Gasteiger partial charge in [0.1, 0.15) is 17.5 Å². The van der Waals surface area contributed by atoms with Crippen LogP contribution in [-0.2, 0) is 0 Å². The molecule has 0 aliphatic heterocycles. The fourth-order valence-electron chi connectivity index (χ4n) is 1.95. The first-order valence-electron chi connectivity index (χ1n) is 7.51. The number of carbonyl (C=O) groups is 1. The van der Waals surface area contributed by atoms with Crippen LogP contribution in [0.15, 0.2) is 30.3 Å². The maximum atomic E-state index is 11.8. The van der Waals surface area contributed by atoms with Crippen molar-refractivity contribution in [3.63, 3.8) is 0 Å². The summed E-state index contributed by atoms with van der Waals surface area (Å²) in [6.45, 7) is 2.85. The zero-order chi connectivity index (χ0) is 17.5. The van der Waals surface area contributed by atoms with Crippen molar-refractivity contribution in [3.8, 4) is 0 Å². The van der Waals surface area contributed by atoms with Crippen molar-refractivity contribution < 1.29 is 4.79 Å². The number of urea groups is 1. The van der Waals surface area contributed by atoms with Crippen molar-refractivity contribution in [1.82, 2.24) is 15.3 Å². The first-order chi connectivity index (χ1) is 11.4. The molecule has 1 aromatic heterocycles. The van der Waals surface area contributed by atoms with Crippen LogP contribution in [-0.4, -0.2) is 43.2 Å². The summed E-state index contributed by atoms with van der Waals surface area (Å²) in [5.41, 5.74) is 0.687. The average Bonchev–Trinajstić information content (AvgIpc) is 2.53. The summed E-state index contributed by atoms with van der Waals surface area (Å²) in [4.78, 5) is 22.4. The van der Waals surface area contributed by atoms with Crippen LogP contribution in [0.3, 0.4) is 0 Å². The summed E-state index contributed by atoms with van der Waals surface area (Å²) < 4.78 is 0. The van der Waals surface area contributed by atoms with Gasteiger partial charge in [0.2, 0.25) is 0 Å². The van der Waals surface area contributed by atoms with Crippen molar-refractivity contribution in [2.75, 3.05) is 42.7 Å². The SMILES string of the molecule is Cc1nc(NCCNC(=O)Nc2ccc(Cl)cc2)cc(N(C)C)n1. The van der Waals surface area contributed by atoms with Gasteiger partial charge < -0.3 is 20.9 Å². The van der Waals surface area contributed by atoms with Gasteiger partial charge in [-0.2, -0.15) is 0 Å². The summed E-state index contributed by atoms with van der Waals surface area (Å²) in [5.74, 6) is 2.25. The highest BCUT2D eigenvalue weighted by Crippen LogP contribution is 2.14. The second-order valence-corrected chi connectivity index (χ2v) is 5.80. The number of anilines is 3. The Hall–Kier alpha value is -2.54. The third kappa shape index (κ3) is 5.58. The molecular formula is C16H21ClN6O. The minimum Gasteiger partial charge on any atom is -0.368 e. The molecule has 1 aromatic carbocycles. The van der Waals surface area contributed by atoms with Gasteiger partial charge in [-0.25, -0.2) is 14.8 Å². The van der Waals surface area contributed by atoms with Crippen molar-refractivity contribution in [2.45, 2.75) is 6.92 Å². The fraction of sp³-hybridized carbons (Fsp3) is 0.312. The lowest BCUT2D eigenvalue weighted by Gasteiger charge is -2.14. The van der Waals surface area contributed by atoms with Crippen LogP contribution in [0.5, 0.6) is 0 Å². The molecule has 3 N–H and O–H groups in total. The Balaban J connectivity index is 1.76. The zero-order valence-electron chi connectivity index (χ0n) is 13.9. The molecule has 0 aliphatic carbocycles. The molecule has 0 radical (unpaired) electrons. The highest BCUT2D eigenvalue weighted by atomic mass is 35.5. The Labute approximate surface area is 146 Å². The normalized spacial score (nSPS) is 10.2. The molecule has 0 spiro atoms. The zero-order valence-corrected chi connectivity index (χ0v) is 14.7. The molecule has 2 rings (SSSR count). The molecule has 0 aliphatic rings. The molecule has 7 nitrogen and oxygen atoms in total. The second kappa shape index (κ2) is 8.35. The van der Waals surface area contributed by atoms with Crippen LogP contribution in [0.2, 0.25) is 5.02 Å². The van der Waals surface area contributed by atoms with E-state index < -0.39 is 0 Å². The number of hydrogen-bond donors (Lipinski definition) is 3. The predicted octanol–water partition coefficient (Wildman–Crippen LogP) is 2.74. The van der Waals surface area contributed by atoms with Crippen molar-refractivity contribution >= 4 is 35.0 Å². The van der Waals surface area contributed by atoms with Gasteiger partial charge in [-0.05, 0) is 31.2 Å². The number of rotatable bonds is 6. The summed E-state index contributed by atoms with van der Waals surface area (Å²) in [5, 5.41) is 9.30.